The van der Waals surface area contributed by atoms with E-state index in [-0.39, 0.29) is 17.4 Å². The molecule has 4 aliphatic carbocycles. The topological polar surface area (TPSA) is 120 Å². The molecule has 7 aliphatic rings. The second kappa shape index (κ2) is 10.8. The zero-order chi connectivity index (χ0) is 28.8. The lowest BCUT2D eigenvalue weighted by Gasteiger charge is -2.56. The number of aliphatic hydroxyl groups excluding tert-OH is 4. The summed E-state index contributed by atoms with van der Waals surface area (Å²) in [6.07, 6.45) is 3.05. The molecule has 0 radical (unpaired) electrons. The van der Waals surface area contributed by atoms with Gasteiger partial charge in [0.2, 0.25) is 0 Å². The van der Waals surface area contributed by atoms with Crippen molar-refractivity contribution in [3.05, 3.63) is 0 Å². The average Bonchev–Trinajstić information content (AvgIpc) is 3.34. The third-order valence-electron chi connectivity index (χ3n) is 13.9. The lowest BCUT2D eigenvalue weighted by Crippen LogP contribution is -2.60. The Morgan fingerprint density at radius 3 is 2.46 bits per heavy atom. The lowest BCUT2D eigenvalue weighted by atomic mass is 9.51. The molecule has 3 saturated heterocycles. The fourth-order valence-electron chi connectivity index (χ4n) is 11.8. The van der Waals surface area contributed by atoms with Crippen LogP contribution in [0.1, 0.15) is 78.6 Å². The number of Topliss-reactive ketones (excluding diaryl/α,β-unsaturated/α-hetero) is 1. The van der Waals surface area contributed by atoms with E-state index in [2.05, 4.69) is 25.7 Å². The number of ether oxygens (including phenoxy) is 2. The summed E-state index contributed by atoms with van der Waals surface area (Å²) < 4.78 is 11.8. The minimum Gasteiger partial charge on any atom is -0.394 e. The van der Waals surface area contributed by atoms with Gasteiger partial charge in [0.1, 0.15) is 30.2 Å². The van der Waals surface area contributed by atoms with Crippen molar-refractivity contribution in [2.45, 2.75) is 121 Å². The van der Waals surface area contributed by atoms with Gasteiger partial charge in [-0.2, -0.15) is 0 Å². The van der Waals surface area contributed by atoms with E-state index < -0.39 is 37.3 Å². The van der Waals surface area contributed by atoms with Crippen molar-refractivity contribution in [1.82, 2.24) is 4.90 Å². The van der Waals surface area contributed by atoms with Crippen molar-refractivity contribution in [2.75, 3.05) is 19.7 Å². The number of hydrogen-bond acceptors (Lipinski definition) is 8. The zero-order valence-corrected chi connectivity index (χ0v) is 25.2. The summed E-state index contributed by atoms with van der Waals surface area (Å²) in [6.45, 7) is 9.41. The van der Waals surface area contributed by atoms with Crippen molar-refractivity contribution >= 4 is 5.78 Å². The van der Waals surface area contributed by atoms with Gasteiger partial charge in [-0.3, -0.25) is 9.69 Å². The Kier molecular flexibility index (Phi) is 7.66. The normalized spacial score (nSPS) is 57.2. The molecule has 0 aromatic rings. The monoisotopic (exact) mass is 575 g/mol. The minimum absolute atomic E-state index is 0.0233. The molecule has 7 rings (SSSR count). The number of aliphatic hydroxyl groups is 4. The van der Waals surface area contributed by atoms with Gasteiger partial charge >= 0.3 is 0 Å². The minimum atomic E-state index is -1.45. The number of nitrogens with zero attached hydrogens (tertiary/aromatic N) is 1. The Morgan fingerprint density at radius 1 is 0.902 bits per heavy atom. The standard InChI is InChI=1S/C33H53NO7/c1-16-4-7-26-17(2)19-5-6-20-21(23(19)14-34(26)13-16)11-24-22(20)12-27(36)25-10-18(8-9-33(24,25)3)40-32-31(39)30(38)29(37)28(15-35)41-32/h16-26,28-32,35,37-39H,4-15H2,1-3H3/t16-,17+,18-,19-,20+,21+,22-,23+,24-,25+,26+,28+,29+,30-,31+,32+,33+/m0/s1. The van der Waals surface area contributed by atoms with E-state index in [0.717, 1.165) is 48.5 Å². The second-order valence-corrected chi connectivity index (χ2v) is 15.8. The summed E-state index contributed by atoms with van der Waals surface area (Å²) in [5.41, 5.74) is -0.0233. The Labute approximate surface area is 245 Å². The van der Waals surface area contributed by atoms with E-state index in [1.807, 2.05) is 0 Å². The molecule has 41 heavy (non-hydrogen) atoms. The van der Waals surface area contributed by atoms with Gasteiger partial charge in [-0.25, -0.2) is 0 Å². The number of rotatable bonds is 3. The highest BCUT2D eigenvalue weighted by molar-refractivity contribution is 5.83. The van der Waals surface area contributed by atoms with Crippen LogP contribution in [-0.2, 0) is 14.3 Å². The van der Waals surface area contributed by atoms with Crippen LogP contribution in [0.2, 0.25) is 0 Å². The Hall–Kier alpha value is -0.610. The van der Waals surface area contributed by atoms with Gasteiger partial charge in [0.05, 0.1) is 12.7 Å². The van der Waals surface area contributed by atoms with Crippen LogP contribution in [0.3, 0.4) is 0 Å². The highest BCUT2D eigenvalue weighted by Crippen LogP contribution is 2.66. The molecular weight excluding hydrogens is 522 g/mol. The molecule has 4 N–H and O–H groups in total. The third kappa shape index (κ3) is 4.60. The average molecular weight is 576 g/mol. The third-order valence-corrected chi connectivity index (χ3v) is 13.9. The summed E-state index contributed by atoms with van der Waals surface area (Å²) in [5.74, 6) is 6.08. The first kappa shape index (κ1) is 29.1. The molecule has 7 fully saturated rings. The molecule has 3 aliphatic heterocycles. The summed E-state index contributed by atoms with van der Waals surface area (Å²) in [7, 11) is 0. The molecule has 3 heterocycles. The number of carbonyl (C=O) groups is 1. The van der Waals surface area contributed by atoms with Gasteiger partial charge in [0.25, 0.3) is 0 Å². The Morgan fingerprint density at radius 2 is 1.68 bits per heavy atom. The summed E-state index contributed by atoms with van der Waals surface area (Å²) >= 11 is 0. The van der Waals surface area contributed by atoms with Crippen LogP contribution in [0.5, 0.6) is 0 Å². The lowest BCUT2D eigenvalue weighted by molar-refractivity contribution is -0.315. The van der Waals surface area contributed by atoms with Gasteiger partial charge in [0, 0.05) is 31.5 Å². The molecule has 0 bridgehead atoms. The molecule has 0 aromatic carbocycles. The van der Waals surface area contributed by atoms with Crippen LogP contribution in [-0.4, -0.2) is 93.7 Å². The van der Waals surface area contributed by atoms with Gasteiger partial charge in [0.15, 0.2) is 6.29 Å². The van der Waals surface area contributed by atoms with Crippen molar-refractivity contribution in [1.29, 1.82) is 0 Å². The highest BCUT2D eigenvalue weighted by Gasteiger charge is 2.63. The number of fused-ring (bicyclic) bond motifs is 8. The smallest absolute Gasteiger partial charge is 0.186 e. The predicted molar refractivity (Wildman–Crippen MR) is 151 cm³/mol. The first-order chi connectivity index (χ1) is 19.6. The Balaban J connectivity index is 1.06. The van der Waals surface area contributed by atoms with E-state index >= 15 is 0 Å². The molecule has 8 nitrogen and oxygen atoms in total. The molecular formula is C33H53NO7. The van der Waals surface area contributed by atoms with Crippen molar-refractivity contribution in [2.24, 2.45) is 58.7 Å². The van der Waals surface area contributed by atoms with Crippen molar-refractivity contribution in [3.63, 3.8) is 0 Å². The quantitative estimate of drug-likeness (QED) is 0.379. The highest BCUT2D eigenvalue weighted by atomic mass is 16.7. The van der Waals surface area contributed by atoms with Crippen LogP contribution in [0.15, 0.2) is 0 Å². The molecule has 0 amide bonds. The maximum absolute atomic E-state index is 13.9. The molecule has 0 spiro atoms. The van der Waals surface area contributed by atoms with Crippen LogP contribution >= 0.6 is 0 Å². The van der Waals surface area contributed by atoms with E-state index in [0.29, 0.717) is 36.4 Å². The van der Waals surface area contributed by atoms with Gasteiger partial charge in [-0.15, -0.1) is 0 Å². The number of ketones is 1. The molecule has 4 saturated carbocycles. The second-order valence-electron chi connectivity index (χ2n) is 15.8. The maximum atomic E-state index is 13.9. The van der Waals surface area contributed by atoms with Crippen molar-refractivity contribution in [3.8, 4) is 0 Å². The molecule has 0 aromatic heterocycles. The summed E-state index contributed by atoms with van der Waals surface area (Å²) in [5, 5.41) is 40.4. The predicted octanol–water partition coefficient (Wildman–Crippen LogP) is 2.60. The van der Waals surface area contributed by atoms with Crippen LogP contribution in [0, 0.1) is 58.7 Å². The van der Waals surface area contributed by atoms with Crippen LogP contribution in [0.4, 0.5) is 0 Å². The van der Waals surface area contributed by atoms with Gasteiger partial charge < -0.3 is 29.9 Å². The SMILES string of the molecule is C[C@H]1CC[C@@H]2[C@H](C)[C@@H]3CC[C@@H]4[C@@H](C[C@H]5[C@H]4CC(=O)[C@H]4C[C@@H](O[C@@H]6O[C@H](CO)[C@@H](O)[C@H](O)[C@H]6O)CC[C@@]45C)[C@@H]3CN2C1. The number of piperidine rings is 2. The van der Waals surface area contributed by atoms with E-state index in [9.17, 15) is 25.2 Å². The van der Waals surface area contributed by atoms with E-state index in [1.165, 1.54) is 45.2 Å². The molecule has 232 valence electrons. The van der Waals surface area contributed by atoms with Crippen LogP contribution < -0.4 is 0 Å². The van der Waals surface area contributed by atoms with E-state index in [4.69, 9.17) is 9.47 Å². The fraction of sp³-hybridized carbons (Fsp3) is 0.970. The summed E-state index contributed by atoms with van der Waals surface area (Å²) in [6, 6.07) is 0.773. The van der Waals surface area contributed by atoms with Crippen molar-refractivity contribution < 1.29 is 34.7 Å². The molecule has 8 heteroatoms. The Bertz CT molecular complexity index is 991. The first-order valence-electron chi connectivity index (χ1n) is 16.8. The van der Waals surface area contributed by atoms with E-state index in [1.54, 1.807) is 0 Å². The first-order valence-corrected chi connectivity index (χ1v) is 16.8. The molecule has 17 atom stereocenters. The van der Waals surface area contributed by atoms with Gasteiger partial charge in [-0.1, -0.05) is 20.8 Å². The molecule has 0 unspecified atom stereocenters. The summed E-state index contributed by atoms with van der Waals surface area (Å²) in [4.78, 5) is 16.7. The zero-order valence-electron chi connectivity index (χ0n) is 25.2. The maximum Gasteiger partial charge on any atom is 0.186 e. The fourth-order valence-corrected chi connectivity index (χ4v) is 11.8. The largest absolute Gasteiger partial charge is 0.394 e. The number of hydrogen-bond donors (Lipinski definition) is 4. The van der Waals surface area contributed by atoms with Gasteiger partial charge in [-0.05, 0) is 104 Å². The number of carbonyl (C=O) groups excluding carboxylic acids is 1. The van der Waals surface area contributed by atoms with Crippen LogP contribution in [0.25, 0.3) is 0 Å².